The lowest BCUT2D eigenvalue weighted by Crippen LogP contribution is -2.18. The molecular formula is C12H17NO. The predicted molar refractivity (Wildman–Crippen MR) is 58.5 cm³/mol. The molecule has 0 radical (unpaired) electrons. The van der Waals surface area contributed by atoms with Crippen LogP contribution < -0.4 is 4.90 Å². The molecule has 0 bridgehead atoms. The number of aliphatic hydroxyl groups excluding tert-OH is 1. The van der Waals surface area contributed by atoms with E-state index in [-0.39, 0.29) is 6.61 Å². The Labute approximate surface area is 85.2 Å². The zero-order valence-corrected chi connectivity index (χ0v) is 8.66. The summed E-state index contributed by atoms with van der Waals surface area (Å²) in [5, 5.41) is 9.00. The van der Waals surface area contributed by atoms with E-state index >= 15 is 0 Å². The third-order valence-corrected chi connectivity index (χ3v) is 2.89. The van der Waals surface area contributed by atoms with Crippen molar-refractivity contribution in [2.24, 2.45) is 0 Å². The van der Waals surface area contributed by atoms with Crippen molar-refractivity contribution < 1.29 is 5.11 Å². The number of benzene rings is 1. The highest BCUT2D eigenvalue weighted by Crippen LogP contribution is 2.24. The molecule has 2 heteroatoms. The summed E-state index contributed by atoms with van der Waals surface area (Å²) in [5.74, 6) is 0. The molecule has 0 atom stereocenters. The van der Waals surface area contributed by atoms with Gasteiger partial charge in [-0.25, -0.2) is 0 Å². The quantitative estimate of drug-likeness (QED) is 0.773. The topological polar surface area (TPSA) is 23.5 Å². The molecule has 1 aliphatic rings. The van der Waals surface area contributed by atoms with Gasteiger partial charge in [-0.2, -0.15) is 0 Å². The fourth-order valence-electron chi connectivity index (χ4n) is 2.13. The summed E-state index contributed by atoms with van der Waals surface area (Å²) in [6, 6.07) is 6.22. The van der Waals surface area contributed by atoms with Crippen molar-refractivity contribution in [2.45, 2.75) is 26.4 Å². The fraction of sp³-hybridized carbons (Fsp3) is 0.500. The number of hydrogen-bond donors (Lipinski definition) is 1. The Morgan fingerprint density at radius 3 is 2.57 bits per heavy atom. The third kappa shape index (κ3) is 1.75. The second-order valence-electron chi connectivity index (χ2n) is 3.97. The molecule has 1 N–H and O–H groups in total. The molecule has 1 aromatic rings. The number of hydrogen-bond acceptors (Lipinski definition) is 2. The Morgan fingerprint density at radius 2 is 2.00 bits per heavy atom. The summed E-state index contributed by atoms with van der Waals surface area (Å²) in [6.45, 7) is 4.62. The Balaban J connectivity index is 2.25. The minimum absolute atomic E-state index is 0.140. The van der Waals surface area contributed by atoms with Crippen molar-refractivity contribution in [3.63, 3.8) is 0 Å². The molecule has 0 aromatic heterocycles. The van der Waals surface area contributed by atoms with Gasteiger partial charge in [0.25, 0.3) is 0 Å². The smallest absolute Gasteiger partial charge is 0.0681 e. The van der Waals surface area contributed by atoms with E-state index in [0.29, 0.717) is 0 Å². The van der Waals surface area contributed by atoms with E-state index < -0.39 is 0 Å². The first kappa shape index (κ1) is 9.53. The maximum atomic E-state index is 9.00. The monoisotopic (exact) mass is 191 g/mol. The molecule has 0 unspecified atom stereocenters. The average molecular weight is 191 g/mol. The van der Waals surface area contributed by atoms with Gasteiger partial charge < -0.3 is 10.0 Å². The third-order valence-electron chi connectivity index (χ3n) is 2.89. The average Bonchev–Trinajstić information content (AvgIpc) is 2.70. The van der Waals surface area contributed by atoms with Crippen molar-refractivity contribution in [2.75, 3.05) is 18.0 Å². The SMILES string of the molecule is Cc1cc(CO)ccc1N1CCCC1. The van der Waals surface area contributed by atoms with Crippen LogP contribution in [0.1, 0.15) is 24.0 Å². The first-order chi connectivity index (χ1) is 6.81. The number of aliphatic hydroxyl groups is 1. The molecule has 1 aromatic carbocycles. The number of aryl methyl sites for hydroxylation is 1. The van der Waals surface area contributed by atoms with E-state index in [1.165, 1.54) is 37.2 Å². The van der Waals surface area contributed by atoms with Gasteiger partial charge in [0.2, 0.25) is 0 Å². The standard InChI is InChI=1S/C12H17NO/c1-10-8-11(9-14)4-5-12(10)13-6-2-3-7-13/h4-5,8,14H,2-3,6-7,9H2,1H3. The molecule has 76 valence electrons. The number of anilines is 1. The van der Waals surface area contributed by atoms with Crippen LogP contribution >= 0.6 is 0 Å². The molecule has 1 fully saturated rings. The summed E-state index contributed by atoms with van der Waals surface area (Å²) in [4.78, 5) is 2.43. The van der Waals surface area contributed by atoms with Gasteiger partial charge in [0.15, 0.2) is 0 Å². The van der Waals surface area contributed by atoms with Crippen LogP contribution in [0.5, 0.6) is 0 Å². The number of nitrogens with zero attached hydrogens (tertiary/aromatic N) is 1. The molecule has 0 amide bonds. The Bertz CT molecular complexity index is 316. The lowest BCUT2D eigenvalue weighted by Gasteiger charge is -2.20. The normalized spacial score (nSPS) is 16.3. The number of rotatable bonds is 2. The molecule has 2 nitrogen and oxygen atoms in total. The van der Waals surface area contributed by atoms with Gasteiger partial charge in [-0.3, -0.25) is 0 Å². The molecule has 1 saturated heterocycles. The highest BCUT2D eigenvalue weighted by molar-refractivity contribution is 5.54. The zero-order valence-electron chi connectivity index (χ0n) is 8.66. The van der Waals surface area contributed by atoms with Gasteiger partial charge in [0, 0.05) is 18.8 Å². The Morgan fingerprint density at radius 1 is 1.29 bits per heavy atom. The van der Waals surface area contributed by atoms with Crippen LogP contribution in [0.4, 0.5) is 5.69 Å². The highest BCUT2D eigenvalue weighted by atomic mass is 16.3. The summed E-state index contributed by atoms with van der Waals surface area (Å²) < 4.78 is 0. The van der Waals surface area contributed by atoms with Crippen molar-refractivity contribution in [1.82, 2.24) is 0 Å². The minimum atomic E-state index is 0.140. The minimum Gasteiger partial charge on any atom is -0.392 e. The van der Waals surface area contributed by atoms with E-state index in [2.05, 4.69) is 24.0 Å². The molecule has 0 aliphatic carbocycles. The maximum absolute atomic E-state index is 9.00. The van der Waals surface area contributed by atoms with Crippen LogP contribution in [0.15, 0.2) is 18.2 Å². The van der Waals surface area contributed by atoms with E-state index in [1.807, 2.05) is 6.07 Å². The van der Waals surface area contributed by atoms with Crippen LogP contribution in [0.3, 0.4) is 0 Å². The van der Waals surface area contributed by atoms with Crippen LogP contribution in [0, 0.1) is 6.92 Å². The van der Waals surface area contributed by atoms with Crippen LogP contribution in [-0.4, -0.2) is 18.2 Å². The van der Waals surface area contributed by atoms with Crippen LogP contribution in [0.25, 0.3) is 0 Å². The molecule has 2 rings (SSSR count). The van der Waals surface area contributed by atoms with Gasteiger partial charge in [-0.05, 0) is 37.0 Å². The first-order valence-corrected chi connectivity index (χ1v) is 5.26. The molecular weight excluding hydrogens is 174 g/mol. The summed E-state index contributed by atoms with van der Waals surface area (Å²) in [7, 11) is 0. The predicted octanol–water partition coefficient (Wildman–Crippen LogP) is 2.09. The van der Waals surface area contributed by atoms with Gasteiger partial charge in [-0.15, -0.1) is 0 Å². The second-order valence-corrected chi connectivity index (χ2v) is 3.97. The van der Waals surface area contributed by atoms with Crippen molar-refractivity contribution >= 4 is 5.69 Å². The molecule has 0 spiro atoms. The van der Waals surface area contributed by atoms with Crippen LogP contribution in [0.2, 0.25) is 0 Å². The van der Waals surface area contributed by atoms with Crippen molar-refractivity contribution in [3.05, 3.63) is 29.3 Å². The molecule has 1 heterocycles. The highest BCUT2D eigenvalue weighted by Gasteiger charge is 2.13. The second kappa shape index (κ2) is 4.01. The van der Waals surface area contributed by atoms with Crippen LogP contribution in [-0.2, 0) is 6.61 Å². The van der Waals surface area contributed by atoms with Gasteiger partial charge in [0.05, 0.1) is 6.61 Å². The molecule has 14 heavy (non-hydrogen) atoms. The van der Waals surface area contributed by atoms with E-state index in [0.717, 1.165) is 5.56 Å². The van der Waals surface area contributed by atoms with Gasteiger partial charge in [0.1, 0.15) is 0 Å². The van der Waals surface area contributed by atoms with E-state index in [1.54, 1.807) is 0 Å². The largest absolute Gasteiger partial charge is 0.392 e. The summed E-state index contributed by atoms with van der Waals surface area (Å²) in [5.41, 5.74) is 3.61. The van der Waals surface area contributed by atoms with Crippen molar-refractivity contribution in [1.29, 1.82) is 0 Å². The lowest BCUT2D eigenvalue weighted by atomic mass is 10.1. The fourth-order valence-corrected chi connectivity index (χ4v) is 2.13. The maximum Gasteiger partial charge on any atom is 0.0681 e. The Kier molecular flexibility index (Phi) is 2.73. The summed E-state index contributed by atoms with van der Waals surface area (Å²) >= 11 is 0. The van der Waals surface area contributed by atoms with E-state index in [4.69, 9.17) is 5.11 Å². The first-order valence-electron chi connectivity index (χ1n) is 5.26. The van der Waals surface area contributed by atoms with Crippen molar-refractivity contribution in [3.8, 4) is 0 Å². The summed E-state index contributed by atoms with van der Waals surface area (Å²) in [6.07, 6.45) is 2.61. The Hall–Kier alpha value is -1.02. The van der Waals surface area contributed by atoms with E-state index in [9.17, 15) is 0 Å². The molecule has 0 saturated carbocycles. The van der Waals surface area contributed by atoms with Gasteiger partial charge in [-0.1, -0.05) is 12.1 Å². The lowest BCUT2D eigenvalue weighted by molar-refractivity contribution is 0.282. The van der Waals surface area contributed by atoms with Gasteiger partial charge >= 0.3 is 0 Å². The zero-order chi connectivity index (χ0) is 9.97. The molecule has 1 aliphatic heterocycles.